The SMILES string of the molecule is C/C(=N/NC(=O)CN1C(=O)COc2ccccc21)[C@@H](c1ccccc1)[NH+]1CCOCC1. The van der Waals surface area contributed by atoms with Gasteiger partial charge in [-0.1, -0.05) is 42.5 Å². The first-order chi connectivity index (χ1) is 15.1. The first kappa shape index (κ1) is 21.0. The second-order valence-electron chi connectivity index (χ2n) is 7.64. The number of ether oxygens (including phenoxy) is 2. The lowest BCUT2D eigenvalue weighted by molar-refractivity contribution is -0.928. The predicted octanol–water partition coefficient (Wildman–Crippen LogP) is 0.561. The van der Waals surface area contributed by atoms with Crippen molar-refractivity contribution in [2.24, 2.45) is 5.10 Å². The van der Waals surface area contributed by atoms with Crippen LogP contribution in [0.1, 0.15) is 18.5 Å². The maximum Gasteiger partial charge on any atom is 0.265 e. The Morgan fingerprint density at radius 2 is 1.84 bits per heavy atom. The van der Waals surface area contributed by atoms with Gasteiger partial charge >= 0.3 is 0 Å². The molecule has 0 saturated carbocycles. The molecule has 2 aromatic rings. The average molecular weight is 423 g/mol. The fraction of sp³-hybridized carbons (Fsp3) is 0.348. The highest BCUT2D eigenvalue weighted by Crippen LogP contribution is 2.31. The Labute approximate surface area is 181 Å². The molecule has 1 fully saturated rings. The number of para-hydroxylation sites is 2. The van der Waals surface area contributed by atoms with Gasteiger partial charge in [-0.2, -0.15) is 5.10 Å². The van der Waals surface area contributed by atoms with Crippen molar-refractivity contribution in [3.8, 4) is 5.75 Å². The molecule has 0 spiro atoms. The minimum atomic E-state index is -0.354. The number of anilines is 1. The van der Waals surface area contributed by atoms with Gasteiger partial charge in [0.15, 0.2) is 12.6 Å². The molecule has 0 bridgehead atoms. The zero-order chi connectivity index (χ0) is 21.6. The molecule has 0 aromatic heterocycles. The first-order valence-electron chi connectivity index (χ1n) is 10.5. The molecule has 162 valence electrons. The number of hydrogen-bond acceptors (Lipinski definition) is 5. The Hall–Kier alpha value is -3.23. The standard InChI is InChI=1S/C23H26N4O4/c1-17(23(18-7-3-2-4-8-18)26-11-13-30-14-12-26)24-25-21(28)15-27-19-9-5-6-10-20(19)31-16-22(27)29/h2-10,23H,11-16H2,1H3,(H,25,28)/p+1/b24-17-/t23-/m0/s1. The summed E-state index contributed by atoms with van der Waals surface area (Å²) < 4.78 is 10.9. The van der Waals surface area contributed by atoms with E-state index in [0.29, 0.717) is 24.7 Å². The van der Waals surface area contributed by atoms with Gasteiger partial charge in [-0.25, -0.2) is 5.43 Å². The maximum atomic E-state index is 12.6. The summed E-state index contributed by atoms with van der Waals surface area (Å²) in [4.78, 5) is 27.7. The second-order valence-corrected chi connectivity index (χ2v) is 7.64. The van der Waals surface area contributed by atoms with E-state index in [4.69, 9.17) is 9.47 Å². The molecule has 2 heterocycles. The smallest absolute Gasteiger partial charge is 0.265 e. The summed E-state index contributed by atoms with van der Waals surface area (Å²) in [7, 11) is 0. The van der Waals surface area contributed by atoms with Gasteiger partial charge < -0.3 is 14.4 Å². The van der Waals surface area contributed by atoms with Gasteiger partial charge in [-0.15, -0.1) is 0 Å². The molecule has 0 radical (unpaired) electrons. The summed E-state index contributed by atoms with van der Waals surface area (Å²) in [6, 6.07) is 17.4. The number of fused-ring (bicyclic) bond motifs is 1. The van der Waals surface area contributed by atoms with Crippen LogP contribution in [-0.2, 0) is 14.3 Å². The summed E-state index contributed by atoms with van der Waals surface area (Å²) in [6.07, 6.45) is 0. The Bertz CT molecular complexity index is 957. The number of morpholine rings is 1. The molecule has 8 heteroatoms. The highest BCUT2D eigenvalue weighted by Gasteiger charge is 2.30. The van der Waals surface area contributed by atoms with Gasteiger partial charge in [0.1, 0.15) is 25.4 Å². The van der Waals surface area contributed by atoms with Gasteiger partial charge in [0, 0.05) is 5.56 Å². The van der Waals surface area contributed by atoms with Gasteiger partial charge in [-0.05, 0) is 19.1 Å². The van der Waals surface area contributed by atoms with Crippen molar-refractivity contribution in [3.63, 3.8) is 0 Å². The molecular formula is C23H27N4O4+. The van der Waals surface area contributed by atoms with E-state index in [-0.39, 0.29) is 31.0 Å². The summed E-state index contributed by atoms with van der Waals surface area (Å²) in [6.45, 7) is 4.89. The lowest BCUT2D eigenvalue weighted by Gasteiger charge is -2.31. The topological polar surface area (TPSA) is 84.7 Å². The summed E-state index contributed by atoms with van der Waals surface area (Å²) >= 11 is 0. The van der Waals surface area contributed by atoms with Gasteiger partial charge in [-0.3, -0.25) is 14.5 Å². The summed E-state index contributed by atoms with van der Waals surface area (Å²) in [5, 5.41) is 4.41. The fourth-order valence-corrected chi connectivity index (χ4v) is 4.06. The van der Waals surface area contributed by atoms with Crippen LogP contribution in [0.2, 0.25) is 0 Å². The molecule has 0 unspecified atom stereocenters. The van der Waals surface area contributed by atoms with E-state index >= 15 is 0 Å². The molecule has 8 nitrogen and oxygen atoms in total. The Morgan fingerprint density at radius 3 is 2.61 bits per heavy atom. The molecule has 2 amide bonds. The lowest BCUT2D eigenvalue weighted by Crippen LogP contribution is -3.15. The third-order valence-corrected chi connectivity index (χ3v) is 5.56. The van der Waals surface area contributed by atoms with E-state index in [1.165, 1.54) is 9.80 Å². The van der Waals surface area contributed by atoms with Crippen molar-refractivity contribution < 1.29 is 24.0 Å². The van der Waals surface area contributed by atoms with Crippen LogP contribution in [0, 0.1) is 0 Å². The van der Waals surface area contributed by atoms with Gasteiger partial charge in [0.2, 0.25) is 0 Å². The monoisotopic (exact) mass is 423 g/mol. The van der Waals surface area contributed by atoms with E-state index in [0.717, 1.165) is 24.4 Å². The number of amides is 2. The van der Waals surface area contributed by atoms with Crippen LogP contribution in [0.5, 0.6) is 5.75 Å². The normalized spacial score (nSPS) is 18.2. The van der Waals surface area contributed by atoms with Crippen molar-refractivity contribution in [2.45, 2.75) is 13.0 Å². The van der Waals surface area contributed by atoms with Crippen molar-refractivity contribution in [2.75, 3.05) is 44.4 Å². The molecule has 0 aliphatic carbocycles. The zero-order valence-electron chi connectivity index (χ0n) is 17.5. The van der Waals surface area contributed by atoms with Crippen LogP contribution in [0.25, 0.3) is 0 Å². The van der Waals surface area contributed by atoms with Crippen molar-refractivity contribution in [3.05, 3.63) is 60.2 Å². The molecule has 2 aromatic carbocycles. The molecule has 1 saturated heterocycles. The molecule has 1 atom stereocenters. The third kappa shape index (κ3) is 4.92. The number of carbonyl (C=O) groups is 2. The van der Waals surface area contributed by atoms with Crippen LogP contribution in [0.15, 0.2) is 59.7 Å². The van der Waals surface area contributed by atoms with E-state index in [1.54, 1.807) is 12.1 Å². The maximum absolute atomic E-state index is 12.6. The first-order valence-corrected chi connectivity index (χ1v) is 10.5. The number of rotatable bonds is 6. The number of nitrogens with one attached hydrogen (secondary N) is 2. The Balaban J connectivity index is 1.47. The molecule has 2 N–H and O–H groups in total. The number of carbonyl (C=O) groups excluding carboxylic acids is 2. The summed E-state index contributed by atoms with van der Waals surface area (Å²) in [5.74, 6) is -0.0164. The summed E-state index contributed by atoms with van der Waals surface area (Å²) in [5.41, 5.74) is 5.19. The number of hydrazone groups is 1. The van der Waals surface area contributed by atoms with Crippen molar-refractivity contribution in [1.82, 2.24) is 5.43 Å². The highest BCUT2D eigenvalue weighted by molar-refractivity contribution is 6.02. The van der Waals surface area contributed by atoms with Crippen LogP contribution < -0.4 is 20.0 Å². The van der Waals surface area contributed by atoms with Crippen LogP contribution in [-0.4, -0.2) is 57.0 Å². The largest absolute Gasteiger partial charge is 0.482 e. The number of benzene rings is 2. The quantitative estimate of drug-likeness (QED) is 0.525. The minimum absolute atomic E-state index is 0.0242. The molecule has 2 aliphatic heterocycles. The minimum Gasteiger partial charge on any atom is -0.482 e. The molecule has 31 heavy (non-hydrogen) atoms. The third-order valence-electron chi connectivity index (χ3n) is 5.56. The van der Waals surface area contributed by atoms with E-state index in [9.17, 15) is 9.59 Å². The average Bonchev–Trinajstić information content (AvgIpc) is 2.81. The van der Waals surface area contributed by atoms with E-state index in [2.05, 4.69) is 22.7 Å². The van der Waals surface area contributed by atoms with Gasteiger partial charge in [0.05, 0.1) is 24.6 Å². The number of nitrogens with zero attached hydrogens (tertiary/aromatic N) is 2. The van der Waals surface area contributed by atoms with E-state index < -0.39 is 0 Å². The van der Waals surface area contributed by atoms with E-state index in [1.807, 2.05) is 37.3 Å². The fourth-order valence-electron chi connectivity index (χ4n) is 4.06. The Kier molecular flexibility index (Phi) is 6.59. The van der Waals surface area contributed by atoms with Gasteiger partial charge in [0.25, 0.3) is 11.8 Å². The lowest BCUT2D eigenvalue weighted by atomic mass is 10.0. The van der Waals surface area contributed by atoms with Crippen LogP contribution >= 0.6 is 0 Å². The molecule has 2 aliphatic rings. The molecule has 4 rings (SSSR count). The molecular weight excluding hydrogens is 396 g/mol. The van der Waals surface area contributed by atoms with Crippen molar-refractivity contribution in [1.29, 1.82) is 0 Å². The Morgan fingerprint density at radius 1 is 1.13 bits per heavy atom. The number of quaternary nitrogens is 1. The highest BCUT2D eigenvalue weighted by atomic mass is 16.5. The van der Waals surface area contributed by atoms with Crippen LogP contribution in [0.4, 0.5) is 5.69 Å². The predicted molar refractivity (Wildman–Crippen MR) is 116 cm³/mol. The zero-order valence-corrected chi connectivity index (χ0v) is 17.5. The van der Waals surface area contributed by atoms with Crippen LogP contribution in [0.3, 0.4) is 0 Å². The van der Waals surface area contributed by atoms with Crippen molar-refractivity contribution >= 4 is 23.2 Å². The number of hydrogen-bond donors (Lipinski definition) is 2. The second kappa shape index (κ2) is 9.72.